The van der Waals surface area contributed by atoms with Crippen molar-refractivity contribution in [2.24, 2.45) is 0 Å². The fourth-order valence-electron chi connectivity index (χ4n) is 3.61. The summed E-state index contributed by atoms with van der Waals surface area (Å²) in [6, 6.07) is 10.1. The number of rotatable bonds is 9. The van der Waals surface area contributed by atoms with Gasteiger partial charge in [0.05, 0.1) is 11.3 Å². The second-order valence-electron chi connectivity index (χ2n) is 8.48. The number of Topliss-reactive ketones (excluding diaryl/α,β-unsaturated/α-hetero) is 1. The molecular weight excluding hydrogens is 475 g/mol. The minimum absolute atomic E-state index is 0.0349. The Kier molecular flexibility index (Phi) is 8.48. The summed E-state index contributed by atoms with van der Waals surface area (Å²) in [5.74, 6) is 0.224. The number of aryl methyl sites for hydroxylation is 2. The lowest BCUT2D eigenvalue weighted by Crippen LogP contribution is -2.08. The zero-order chi connectivity index (χ0) is 25.8. The van der Waals surface area contributed by atoms with Crippen LogP contribution in [-0.2, 0) is 23.8 Å². The Labute approximate surface area is 207 Å². The fourth-order valence-corrected chi connectivity index (χ4v) is 4.84. The summed E-state index contributed by atoms with van der Waals surface area (Å²) < 4.78 is 44.0. The molecule has 35 heavy (non-hydrogen) atoms. The zero-order valence-corrected chi connectivity index (χ0v) is 21.0. The molecule has 4 nitrogen and oxygen atoms in total. The van der Waals surface area contributed by atoms with Gasteiger partial charge in [0, 0.05) is 28.8 Å². The minimum Gasteiger partial charge on any atom is -0.426 e. The summed E-state index contributed by atoms with van der Waals surface area (Å²) in [5.41, 5.74) is 2.12. The van der Waals surface area contributed by atoms with Gasteiger partial charge >= 0.3 is 12.1 Å². The maximum Gasteiger partial charge on any atom is 0.416 e. The van der Waals surface area contributed by atoms with Gasteiger partial charge in [-0.25, -0.2) is 4.98 Å². The van der Waals surface area contributed by atoms with E-state index in [1.807, 2.05) is 20.8 Å². The van der Waals surface area contributed by atoms with Crippen LogP contribution < -0.4 is 4.74 Å². The van der Waals surface area contributed by atoms with Gasteiger partial charge in [0.25, 0.3) is 0 Å². The Morgan fingerprint density at radius 3 is 2.31 bits per heavy atom. The summed E-state index contributed by atoms with van der Waals surface area (Å²) in [7, 11) is 0. The molecular formula is C27H28F3NO3S. The lowest BCUT2D eigenvalue weighted by atomic mass is 10.0. The van der Waals surface area contributed by atoms with Crippen LogP contribution >= 0.6 is 11.3 Å². The summed E-state index contributed by atoms with van der Waals surface area (Å²) in [4.78, 5) is 30.2. The van der Waals surface area contributed by atoms with E-state index in [9.17, 15) is 22.8 Å². The Bertz CT molecular complexity index is 1200. The Balaban J connectivity index is 1.77. The molecule has 0 N–H and O–H groups in total. The maximum atomic E-state index is 12.9. The highest BCUT2D eigenvalue weighted by Gasteiger charge is 2.30. The largest absolute Gasteiger partial charge is 0.426 e. The summed E-state index contributed by atoms with van der Waals surface area (Å²) in [6.45, 7) is 7.66. The lowest BCUT2D eigenvalue weighted by molar-refractivity contribution is -0.137. The van der Waals surface area contributed by atoms with Crippen molar-refractivity contribution in [2.45, 2.75) is 65.5 Å². The second kappa shape index (κ2) is 11.2. The predicted molar refractivity (Wildman–Crippen MR) is 131 cm³/mol. The number of carbonyl (C=O) groups is 2. The molecule has 0 radical (unpaired) electrons. The SMILES string of the molecule is CCC(=O)Oc1ccc(C(=O)CCc2sc(-c3ccc(C(F)(F)F)cc3)nc2C(C)C)cc1CC. The highest BCUT2D eigenvalue weighted by atomic mass is 32.1. The Hall–Kier alpha value is -3.00. The molecule has 0 amide bonds. The Morgan fingerprint density at radius 2 is 1.74 bits per heavy atom. The molecule has 1 heterocycles. The van der Waals surface area contributed by atoms with E-state index in [1.165, 1.54) is 23.5 Å². The number of thiazole rings is 1. The molecule has 2 aromatic carbocycles. The third-order valence-corrected chi connectivity index (χ3v) is 6.77. The van der Waals surface area contributed by atoms with Crippen LogP contribution in [0.1, 0.15) is 78.5 Å². The molecule has 0 fully saturated rings. The van der Waals surface area contributed by atoms with Crippen molar-refractivity contribution in [1.82, 2.24) is 4.98 Å². The molecule has 186 valence electrons. The van der Waals surface area contributed by atoms with Crippen LogP contribution in [0.3, 0.4) is 0 Å². The molecule has 3 rings (SSSR count). The average Bonchev–Trinajstić information content (AvgIpc) is 3.27. The Morgan fingerprint density at radius 1 is 1.06 bits per heavy atom. The smallest absolute Gasteiger partial charge is 0.416 e. The van der Waals surface area contributed by atoms with Crippen LogP contribution in [0.2, 0.25) is 0 Å². The van der Waals surface area contributed by atoms with Crippen molar-refractivity contribution in [1.29, 1.82) is 0 Å². The summed E-state index contributed by atoms with van der Waals surface area (Å²) in [5, 5.41) is 0.639. The third kappa shape index (κ3) is 6.57. The first-order valence-electron chi connectivity index (χ1n) is 11.6. The molecule has 8 heteroatoms. The minimum atomic E-state index is -4.39. The molecule has 0 aliphatic heterocycles. The number of halogens is 3. The van der Waals surface area contributed by atoms with Crippen molar-refractivity contribution in [3.63, 3.8) is 0 Å². The summed E-state index contributed by atoms with van der Waals surface area (Å²) >= 11 is 1.41. The molecule has 0 bridgehead atoms. The van der Waals surface area contributed by atoms with E-state index in [2.05, 4.69) is 4.98 Å². The number of esters is 1. The first-order chi connectivity index (χ1) is 16.5. The average molecular weight is 504 g/mol. The van der Waals surface area contributed by atoms with Crippen LogP contribution in [0.5, 0.6) is 5.75 Å². The molecule has 0 aliphatic carbocycles. The van der Waals surface area contributed by atoms with E-state index in [0.29, 0.717) is 34.7 Å². The molecule has 0 saturated heterocycles. The van der Waals surface area contributed by atoms with E-state index in [1.54, 1.807) is 25.1 Å². The van der Waals surface area contributed by atoms with Gasteiger partial charge in [0.15, 0.2) is 5.78 Å². The van der Waals surface area contributed by atoms with Crippen molar-refractivity contribution in [2.75, 3.05) is 0 Å². The first kappa shape index (κ1) is 26.6. The van der Waals surface area contributed by atoms with E-state index >= 15 is 0 Å². The van der Waals surface area contributed by atoms with Crippen molar-refractivity contribution >= 4 is 23.1 Å². The van der Waals surface area contributed by atoms with Crippen molar-refractivity contribution < 1.29 is 27.5 Å². The van der Waals surface area contributed by atoms with Gasteiger partial charge in [-0.15, -0.1) is 11.3 Å². The van der Waals surface area contributed by atoms with Crippen LogP contribution in [0, 0.1) is 0 Å². The van der Waals surface area contributed by atoms with Crippen LogP contribution in [0.15, 0.2) is 42.5 Å². The lowest BCUT2D eigenvalue weighted by Gasteiger charge is -2.10. The fraction of sp³-hybridized carbons (Fsp3) is 0.370. The molecule has 0 atom stereocenters. The zero-order valence-electron chi connectivity index (χ0n) is 20.2. The van der Waals surface area contributed by atoms with Gasteiger partial charge < -0.3 is 4.74 Å². The number of nitrogens with zero attached hydrogens (tertiary/aromatic N) is 1. The monoisotopic (exact) mass is 503 g/mol. The van der Waals surface area contributed by atoms with Crippen LogP contribution in [-0.4, -0.2) is 16.7 Å². The molecule has 0 saturated carbocycles. The standard InChI is InChI=1S/C27H28F3NO3S/c1-5-17-15-19(9-13-22(17)34-24(33)6-2)21(32)12-14-23-25(16(3)4)31-26(35-23)18-7-10-20(11-8-18)27(28,29)30/h7-11,13,15-16H,5-6,12,14H2,1-4H3. The van der Waals surface area contributed by atoms with E-state index in [-0.39, 0.29) is 30.5 Å². The number of benzene rings is 2. The molecule has 0 aliphatic rings. The van der Waals surface area contributed by atoms with E-state index in [0.717, 1.165) is 28.3 Å². The number of carbonyl (C=O) groups excluding carboxylic acids is 2. The van der Waals surface area contributed by atoms with Gasteiger partial charge in [-0.05, 0) is 54.7 Å². The topological polar surface area (TPSA) is 56.3 Å². The normalized spacial score (nSPS) is 11.7. The molecule has 3 aromatic rings. The van der Waals surface area contributed by atoms with Gasteiger partial charge in [0.1, 0.15) is 10.8 Å². The van der Waals surface area contributed by atoms with Crippen molar-refractivity contribution in [3.8, 4) is 16.3 Å². The number of alkyl halides is 3. The van der Waals surface area contributed by atoms with E-state index < -0.39 is 11.7 Å². The van der Waals surface area contributed by atoms with Gasteiger partial charge in [-0.2, -0.15) is 13.2 Å². The number of hydrogen-bond acceptors (Lipinski definition) is 5. The quantitative estimate of drug-likeness (QED) is 0.171. The van der Waals surface area contributed by atoms with Crippen molar-refractivity contribution in [3.05, 3.63) is 69.7 Å². The number of ketones is 1. The first-order valence-corrected chi connectivity index (χ1v) is 12.4. The van der Waals surface area contributed by atoms with Gasteiger partial charge in [-0.3, -0.25) is 9.59 Å². The summed E-state index contributed by atoms with van der Waals surface area (Å²) in [6.07, 6.45) is -2.74. The van der Waals surface area contributed by atoms with Crippen LogP contribution in [0.4, 0.5) is 13.2 Å². The second-order valence-corrected chi connectivity index (χ2v) is 9.57. The number of aromatic nitrogens is 1. The predicted octanol–water partition coefficient (Wildman–Crippen LogP) is 7.65. The third-order valence-electron chi connectivity index (χ3n) is 5.59. The number of hydrogen-bond donors (Lipinski definition) is 0. The van der Waals surface area contributed by atoms with E-state index in [4.69, 9.17) is 4.74 Å². The number of ether oxygens (including phenoxy) is 1. The van der Waals surface area contributed by atoms with Gasteiger partial charge in [0.2, 0.25) is 0 Å². The maximum absolute atomic E-state index is 12.9. The highest BCUT2D eigenvalue weighted by molar-refractivity contribution is 7.15. The molecule has 0 unspecified atom stereocenters. The highest BCUT2D eigenvalue weighted by Crippen LogP contribution is 2.35. The van der Waals surface area contributed by atoms with Gasteiger partial charge in [-0.1, -0.05) is 39.8 Å². The molecule has 0 spiro atoms. The van der Waals surface area contributed by atoms with Crippen LogP contribution in [0.25, 0.3) is 10.6 Å². The molecule has 1 aromatic heterocycles.